The van der Waals surface area contributed by atoms with Crippen molar-refractivity contribution in [1.29, 1.82) is 0 Å². The average Bonchev–Trinajstić information content (AvgIpc) is 3.18. The van der Waals surface area contributed by atoms with E-state index in [1.807, 2.05) is 6.08 Å². The molecule has 0 spiro atoms. The number of carbonyl (C=O) groups is 1. The number of nitrogens with one attached hydrogen (secondary N) is 1. The lowest BCUT2D eigenvalue weighted by molar-refractivity contribution is -0.220. The van der Waals surface area contributed by atoms with Crippen molar-refractivity contribution in [3.05, 3.63) is 12.2 Å². The number of aliphatic hydroxyl groups is 6. The van der Waals surface area contributed by atoms with Crippen LogP contribution < -0.4 is 5.32 Å². The highest BCUT2D eigenvalue weighted by atomic mass is 31.2. The van der Waals surface area contributed by atoms with Crippen molar-refractivity contribution in [2.75, 3.05) is 6.61 Å². The number of unbranched alkanes of at least 4 members (excludes halogenated alkanes) is 26. The van der Waals surface area contributed by atoms with Gasteiger partial charge in [-0.05, 0) is 19.3 Å². The van der Waals surface area contributed by atoms with E-state index < -0.39 is 63.2 Å². The number of phosphoric acid groups is 1. The molecule has 12 nitrogen and oxygen atoms in total. The Kier molecular flexibility index (Phi) is 32.1. The van der Waals surface area contributed by atoms with Gasteiger partial charge in [-0.1, -0.05) is 187 Å². The molecule has 1 saturated carbocycles. The number of hydrogen-bond acceptors (Lipinski definition) is 10. The van der Waals surface area contributed by atoms with Crippen LogP contribution in [0.5, 0.6) is 0 Å². The summed E-state index contributed by atoms with van der Waals surface area (Å²) in [5.74, 6) is -0.339. The van der Waals surface area contributed by atoms with Crippen LogP contribution in [-0.2, 0) is 18.4 Å². The van der Waals surface area contributed by atoms with E-state index in [9.17, 15) is 44.9 Å². The van der Waals surface area contributed by atoms with Crippen molar-refractivity contribution < 1.29 is 53.9 Å². The number of carbonyl (C=O) groups excluding carboxylic acids is 1. The number of phosphoric ester groups is 1. The van der Waals surface area contributed by atoms with Gasteiger partial charge in [0.05, 0.1) is 18.8 Å². The Labute approximate surface area is 339 Å². The van der Waals surface area contributed by atoms with Gasteiger partial charge in [-0.25, -0.2) is 4.57 Å². The first-order chi connectivity index (χ1) is 26.9. The zero-order valence-electron chi connectivity index (χ0n) is 35.2. The molecule has 1 aliphatic rings. The third-order valence-corrected chi connectivity index (χ3v) is 12.1. The van der Waals surface area contributed by atoms with Gasteiger partial charge in [-0.2, -0.15) is 0 Å². The summed E-state index contributed by atoms with van der Waals surface area (Å²) in [5, 5.41) is 63.9. The molecule has 0 radical (unpaired) electrons. The van der Waals surface area contributed by atoms with E-state index in [0.29, 0.717) is 6.42 Å². The molecule has 9 atom stereocenters. The third-order valence-electron chi connectivity index (χ3n) is 11.1. The molecule has 0 aromatic carbocycles. The first-order valence-corrected chi connectivity index (χ1v) is 24.1. The van der Waals surface area contributed by atoms with Crippen LogP contribution in [0.3, 0.4) is 0 Å². The van der Waals surface area contributed by atoms with Gasteiger partial charge in [0.1, 0.15) is 36.6 Å². The maximum atomic E-state index is 12.9. The Morgan fingerprint density at radius 1 is 0.589 bits per heavy atom. The number of hydrogen-bond donors (Lipinski definition) is 8. The summed E-state index contributed by atoms with van der Waals surface area (Å²) >= 11 is 0. The molecule has 0 heterocycles. The van der Waals surface area contributed by atoms with Gasteiger partial charge in [-0.15, -0.1) is 0 Å². The van der Waals surface area contributed by atoms with E-state index in [1.54, 1.807) is 0 Å². The summed E-state index contributed by atoms with van der Waals surface area (Å²) < 4.78 is 22.9. The fraction of sp³-hybridized carbons (Fsp3) is 0.930. The first-order valence-electron chi connectivity index (χ1n) is 22.6. The molecule has 1 rings (SSSR count). The summed E-state index contributed by atoms with van der Waals surface area (Å²) in [6, 6.07) is -1.11. The smallest absolute Gasteiger partial charge is 0.387 e. The lowest BCUT2D eigenvalue weighted by atomic mass is 9.85. The fourth-order valence-corrected chi connectivity index (χ4v) is 8.28. The second-order valence-electron chi connectivity index (χ2n) is 16.3. The summed E-state index contributed by atoms with van der Waals surface area (Å²) in [6.07, 6.45) is 24.2. The van der Waals surface area contributed by atoms with E-state index in [1.165, 1.54) is 134 Å². The Morgan fingerprint density at radius 2 is 0.946 bits per heavy atom. The molecule has 1 aliphatic carbocycles. The molecule has 0 aliphatic heterocycles. The average molecular weight is 822 g/mol. The zero-order valence-corrected chi connectivity index (χ0v) is 36.1. The predicted molar refractivity (Wildman–Crippen MR) is 223 cm³/mol. The van der Waals surface area contributed by atoms with Gasteiger partial charge in [0.2, 0.25) is 5.91 Å². The van der Waals surface area contributed by atoms with Gasteiger partial charge in [0.25, 0.3) is 0 Å². The van der Waals surface area contributed by atoms with Crippen molar-refractivity contribution in [3.63, 3.8) is 0 Å². The molecule has 1 amide bonds. The lowest BCUT2D eigenvalue weighted by Crippen LogP contribution is -2.64. The van der Waals surface area contributed by atoms with Crippen LogP contribution in [0.2, 0.25) is 0 Å². The van der Waals surface area contributed by atoms with E-state index >= 15 is 0 Å². The topological polar surface area (TPSA) is 206 Å². The van der Waals surface area contributed by atoms with E-state index in [-0.39, 0.29) is 12.3 Å². The molecule has 0 aromatic rings. The molecule has 0 aromatic heterocycles. The molecular weight excluding hydrogens is 737 g/mol. The highest BCUT2D eigenvalue weighted by molar-refractivity contribution is 7.47. The second-order valence-corrected chi connectivity index (χ2v) is 17.7. The second kappa shape index (κ2) is 33.9. The van der Waals surface area contributed by atoms with Crippen LogP contribution >= 0.6 is 7.82 Å². The van der Waals surface area contributed by atoms with Crippen molar-refractivity contribution in [3.8, 4) is 0 Å². The molecule has 0 saturated heterocycles. The van der Waals surface area contributed by atoms with E-state index in [4.69, 9.17) is 9.05 Å². The molecule has 1 fully saturated rings. The third kappa shape index (κ3) is 25.5. The lowest BCUT2D eigenvalue weighted by Gasteiger charge is -2.41. The molecule has 13 heteroatoms. The van der Waals surface area contributed by atoms with Crippen molar-refractivity contribution in [1.82, 2.24) is 5.32 Å². The van der Waals surface area contributed by atoms with Crippen LogP contribution in [0.4, 0.5) is 0 Å². The molecule has 332 valence electrons. The Balaban J connectivity index is 2.51. The SMILES string of the molecule is CCCCCCCCCCCCCC/C=C/[C@@H](O)[C@H](COP(=O)(O)OC1C(O)C(O)C(O)[C@@H](O)C1O)NC(=O)CCCCCCCCCCCCCCCCC. The number of amides is 1. The molecule has 0 bridgehead atoms. The Morgan fingerprint density at radius 3 is 1.36 bits per heavy atom. The normalized spacial score (nSPS) is 23.7. The van der Waals surface area contributed by atoms with Gasteiger partial charge >= 0.3 is 7.82 Å². The van der Waals surface area contributed by atoms with Crippen LogP contribution in [0.1, 0.15) is 200 Å². The number of allylic oxidation sites excluding steroid dienone is 1. The van der Waals surface area contributed by atoms with Crippen LogP contribution in [0, 0.1) is 0 Å². The van der Waals surface area contributed by atoms with Crippen molar-refractivity contribution >= 4 is 13.7 Å². The summed E-state index contributed by atoms with van der Waals surface area (Å²) in [6.45, 7) is 3.83. The zero-order chi connectivity index (χ0) is 41.4. The standard InChI is InChI=1S/C43H84NO11P/c1-3-5-7-9-11-13-15-17-19-21-23-25-27-29-31-33-37(46)44-35(34-54-56(52,53)55-43-41(50)39(48)38(47)40(49)42(43)51)36(45)32-30-28-26-24-22-20-18-16-14-12-10-8-6-4-2/h30,32,35-36,38-43,45,47-51H,3-29,31,33-34H2,1-2H3,(H,44,46)(H,52,53)/b32-30+/t35-,36+,38?,39+,40?,41?,42?,43?/m0/s1. The fourth-order valence-electron chi connectivity index (χ4n) is 7.31. The quantitative estimate of drug-likeness (QED) is 0.0171. The highest BCUT2D eigenvalue weighted by Gasteiger charge is 2.51. The summed E-state index contributed by atoms with van der Waals surface area (Å²) in [7, 11) is -5.07. The minimum Gasteiger partial charge on any atom is -0.387 e. The molecule has 56 heavy (non-hydrogen) atoms. The monoisotopic (exact) mass is 822 g/mol. The minimum atomic E-state index is -5.07. The van der Waals surface area contributed by atoms with E-state index in [2.05, 4.69) is 19.2 Å². The Hall–Kier alpha value is -0.920. The maximum absolute atomic E-state index is 12.9. The van der Waals surface area contributed by atoms with Gasteiger partial charge in [-0.3, -0.25) is 13.8 Å². The molecular formula is C43H84NO11P. The maximum Gasteiger partial charge on any atom is 0.472 e. The largest absolute Gasteiger partial charge is 0.472 e. The van der Waals surface area contributed by atoms with Gasteiger partial charge in [0.15, 0.2) is 0 Å². The first kappa shape index (κ1) is 53.1. The van der Waals surface area contributed by atoms with Gasteiger partial charge < -0.3 is 40.8 Å². The van der Waals surface area contributed by atoms with Crippen LogP contribution in [0.15, 0.2) is 12.2 Å². The summed E-state index contributed by atoms with van der Waals surface area (Å²) in [5.41, 5.74) is 0. The van der Waals surface area contributed by atoms with Crippen molar-refractivity contribution in [2.24, 2.45) is 0 Å². The highest BCUT2D eigenvalue weighted by Crippen LogP contribution is 2.47. The number of aliphatic hydroxyl groups excluding tert-OH is 6. The predicted octanol–water partition coefficient (Wildman–Crippen LogP) is 8.06. The van der Waals surface area contributed by atoms with Crippen LogP contribution in [-0.4, -0.2) is 96.8 Å². The summed E-state index contributed by atoms with van der Waals surface area (Å²) in [4.78, 5) is 23.3. The molecule has 6 unspecified atom stereocenters. The van der Waals surface area contributed by atoms with Gasteiger partial charge in [0, 0.05) is 6.42 Å². The van der Waals surface area contributed by atoms with Crippen LogP contribution in [0.25, 0.3) is 0 Å². The Bertz CT molecular complexity index is 1000. The van der Waals surface area contributed by atoms with Crippen molar-refractivity contribution in [2.45, 2.75) is 249 Å². The number of rotatable bonds is 37. The van der Waals surface area contributed by atoms with E-state index in [0.717, 1.165) is 44.9 Å². The minimum absolute atomic E-state index is 0.218. The molecule has 8 N–H and O–H groups in total.